The smallest absolute Gasteiger partial charge is 0.264 e. The Morgan fingerprint density at radius 1 is 0.900 bits per heavy atom. The van der Waals surface area contributed by atoms with Gasteiger partial charge in [0.1, 0.15) is 0 Å². The lowest BCUT2D eigenvalue weighted by atomic mass is 10.5. The molecule has 0 unspecified atom stereocenters. The largest absolute Gasteiger partial charge is 0.395 e. The molecule has 0 aliphatic rings. The van der Waals surface area contributed by atoms with E-state index in [4.69, 9.17) is 5.11 Å². The Morgan fingerprint density at radius 3 is 1.55 bits per heavy atom. The normalized spacial score (nSPS) is 11.6. The van der Waals surface area contributed by atoms with Crippen LogP contribution in [0.5, 0.6) is 0 Å². The molecule has 20 heavy (non-hydrogen) atoms. The molecule has 0 rings (SSSR count). The number of nitrogens with zero attached hydrogens (tertiary/aromatic N) is 2. The van der Waals surface area contributed by atoms with E-state index in [2.05, 4.69) is 27.8 Å². The zero-order chi connectivity index (χ0) is 16.0. The Bertz CT molecular complexity index is 289. The van der Waals surface area contributed by atoms with Crippen molar-refractivity contribution in [3.8, 4) is 0 Å². The number of rotatable bonds is 10. The van der Waals surface area contributed by atoms with Crippen LogP contribution in [0, 0.1) is 0 Å². The topological polar surface area (TPSA) is 70.1 Å². The standard InChI is InChI=1S/C7H17NO3S.C6H15NO/c1-4-8(5-2)6-7-11-12(3,9)10;1-3-7(4-2)5-6-8/h4-7H2,1-3H3;8H,3-6H2,1-2H3. The van der Waals surface area contributed by atoms with Crippen LogP contribution in [0.25, 0.3) is 0 Å². The highest BCUT2D eigenvalue weighted by molar-refractivity contribution is 7.85. The van der Waals surface area contributed by atoms with Crippen molar-refractivity contribution in [1.82, 2.24) is 9.80 Å². The molecule has 0 aromatic carbocycles. The molecule has 6 nitrogen and oxygen atoms in total. The summed E-state index contributed by atoms with van der Waals surface area (Å²) in [6, 6.07) is 0. The molecule has 0 spiro atoms. The maximum absolute atomic E-state index is 10.5. The van der Waals surface area contributed by atoms with Crippen molar-refractivity contribution in [1.29, 1.82) is 0 Å². The Labute approximate surface area is 124 Å². The van der Waals surface area contributed by atoms with Gasteiger partial charge in [-0.25, -0.2) is 0 Å². The minimum atomic E-state index is -3.26. The first-order valence-electron chi connectivity index (χ1n) is 7.24. The van der Waals surface area contributed by atoms with Gasteiger partial charge in [-0.2, -0.15) is 8.42 Å². The van der Waals surface area contributed by atoms with E-state index in [1.54, 1.807) is 0 Å². The Balaban J connectivity index is 0. The summed E-state index contributed by atoms with van der Waals surface area (Å²) in [4.78, 5) is 4.28. The third-order valence-corrected chi connectivity index (χ3v) is 3.50. The summed E-state index contributed by atoms with van der Waals surface area (Å²) in [5.74, 6) is 0. The zero-order valence-electron chi connectivity index (χ0n) is 13.6. The molecule has 0 radical (unpaired) electrons. The van der Waals surface area contributed by atoms with Gasteiger partial charge < -0.3 is 14.9 Å². The van der Waals surface area contributed by atoms with E-state index in [0.717, 1.165) is 39.0 Å². The molecule has 0 fully saturated rings. The van der Waals surface area contributed by atoms with Gasteiger partial charge in [0.15, 0.2) is 0 Å². The molecular weight excluding hydrogens is 280 g/mol. The number of likely N-dealkylation sites (N-methyl/N-ethyl adjacent to an activating group) is 2. The van der Waals surface area contributed by atoms with E-state index >= 15 is 0 Å². The molecule has 1 N–H and O–H groups in total. The summed E-state index contributed by atoms with van der Waals surface area (Å²) < 4.78 is 25.7. The van der Waals surface area contributed by atoms with Crippen LogP contribution in [-0.2, 0) is 14.3 Å². The van der Waals surface area contributed by atoms with E-state index in [9.17, 15) is 8.42 Å². The van der Waals surface area contributed by atoms with Crippen molar-refractivity contribution >= 4 is 10.1 Å². The summed E-state index contributed by atoms with van der Waals surface area (Å²) in [5.41, 5.74) is 0. The van der Waals surface area contributed by atoms with E-state index in [-0.39, 0.29) is 13.2 Å². The van der Waals surface area contributed by atoms with Crippen LogP contribution in [0.15, 0.2) is 0 Å². The van der Waals surface area contributed by atoms with Crippen molar-refractivity contribution < 1.29 is 17.7 Å². The SMILES string of the molecule is CCN(CC)CCO.CCN(CC)CCOS(C)(=O)=O. The first kappa shape index (κ1) is 22.1. The lowest BCUT2D eigenvalue weighted by Crippen LogP contribution is -2.27. The van der Waals surface area contributed by atoms with Gasteiger partial charge in [-0.15, -0.1) is 0 Å². The van der Waals surface area contributed by atoms with Crippen LogP contribution >= 0.6 is 0 Å². The molecule has 0 saturated carbocycles. The van der Waals surface area contributed by atoms with Crippen molar-refractivity contribution in [3.63, 3.8) is 0 Å². The minimum Gasteiger partial charge on any atom is -0.395 e. The van der Waals surface area contributed by atoms with Gasteiger partial charge in [0.05, 0.1) is 19.5 Å². The monoisotopic (exact) mass is 312 g/mol. The molecule has 0 aliphatic heterocycles. The van der Waals surface area contributed by atoms with E-state index in [1.807, 2.05) is 13.8 Å². The molecule has 0 aromatic heterocycles. The lowest BCUT2D eigenvalue weighted by molar-refractivity contribution is 0.208. The van der Waals surface area contributed by atoms with Gasteiger partial charge in [0.2, 0.25) is 0 Å². The first-order valence-corrected chi connectivity index (χ1v) is 9.06. The second-order valence-electron chi connectivity index (χ2n) is 4.30. The fourth-order valence-corrected chi connectivity index (χ4v) is 1.92. The van der Waals surface area contributed by atoms with Crippen molar-refractivity contribution in [3.05, 3.63) is 0 Å². The van der Waals surface area contributed by atoms with E-state index in [0.29, 0.717) is 6.54 Å². The average Bonchev–Trinajstić information content (AvgIpc) is 2.40. The molecule has 0 aliphatic carbocycles. The highest BCUT2D eigenvalue weighted by Crippen LogP contribution is 1.90. The highest BCUT2D eigenvalue weighted by atomic mass is 32.2. The van der Waals surface area contributed by atoms with Crippen LogP contribution in [0.3, 0.4) is 0 Å². The predicted octanol–water partition coefficient (Wildman–Crippen LogP) is 0.625. The van der Waals surface area contributed by atoms with Crippen LogP contribution in [0.1, 0.15) is 27.7 Å². The molecule has 0 amide bonds. The summed E-state index contributed by atoms with van der Waals surface area (Å²) in [7, 11) is -3.26. The van der Waals surface area contributed by atoms with Crippen LogP contribution in [-0.4, -0.2) is 82.1 Å². The highest BCUT2D eigenvalue weighted by Gasteiger charge is 2.03. The molecule has 0 saturated heterocycles. The minimum absolute atomic E-state index is 0.251. The number of aliphatic hydroxyl groups is 1. The van der Waals surface area contributed by atoms with Crippen LogP contribution in [0.2, 0.25) is 0 Å². The molecular formula is C13H32N2O4S. The number of aliphatic hydroxyl groups excluding tert-OH is 1. The molecule has 0 heterocycles. The van der Waals surface area contributed by atoms with Crippen molar-refractivity contribution in [2.24, 2.45) is 0 Å². The molecule has 0 atom stereocenters. The van der Waals surface area contributed by atoms with Gasteiger partial charge >= 0.3 is 0 Å². The van der Waals surface area contributed by atoms with E-state index < -0.39 is 10.1 Å². The van der Waals surface area contributed by atoms with E-state index in [1.165, 1.54) is 0 Å². The average molecular weight is 312 g/mol. The maximum Gasteiger partial charge on any atom is 0.264 e. The Kier molecular flexibility index (Phi) is 15.2. The second-order valence-corrected chi connectivity index (χ2v) is 5.95. The van der Waals surface area contributed by atoms with Gasteiger partial charge in [0, 0.05) is 13.1 Å². The fourth-order valence-electron chi connectivity index (χ4n) is 1.54. The van der Waals surface area contributed by atoms with Crippen LogP contribution < -0.4 is 0 Å². The summed E-state index contributed by atoms with van der Waals surface area (Å²) in [5, 5.41) is 8.46. The fraction of sp³-hybridized carbons (Fsp3) is 1.00. The third-order valence-electron chi connectivity index (χ3n) is 2.91. The summed E-state index contributed by atoms with van der Waals surface area (Å²) in [6.07, 6.45) is 1.06. The first-order chi connectivity index (χ1) is 9.34. The van der Waals surface area contributed by atoms with Gasteiger partial charge in [-0.1, -0.05) is 27.7 Å². The van der Waals surface area contributed by atoms with Crippen molar-refractivity contribution in [2.45, 2.75) is 27.7 Å². The number of hydrogen-bond acceptors (Lipinski definition) is 6. The van der Waals surface area contributed by atoms with Crippen LogP contribution in [0.4, 0.5) is 0 Å². The number of hydrogen-bond donors (Lipinski definition) is 1. The molecule has 0 bridgehead atoms. The van der Waals surface area contributed by atoms with Gasteiger partial charge in [0.25, 0.3) is 10.1 Å². The Morgan fingerprint density at radius 2 is 1.30 bits per heavy atom. The maximum atomic E-state index is 10.5. The molecule has 7 heteroatoms. The predicted molar refractivity (Wildman–Crippen MR) is 83.5 cm³/mol. The molecule has 0 aromatic rings. The second kappa shape index (κ2) is 13.8. The zero-order valence-corrected chi connectivity index (χ0v) is 14.4. The Hall–Kier alpha value is -0.210. The quantitative estimate of drug-likeness (QED) is 0.597. The van der Waals surface area contributed by atoms with Gasteiger partial charge in [-0.3, -0.25) is 4.18 Å². The summed E-state index contributed by atoms with van der Waals surface area (Å²) >= 11 is 0. The molecule has 124 valence electrons. The van der Waals surface area contributed by atoms with Gasteiger partial charge in [-0.05, 0) is 26.2 Å². The summed E-state index contributed by atoms with van der Waals surface area (Å²) in [6.45, 7) is 14.2. The van der Waals surface area contributed by atoms with Crippen molar-refractivity contribution in [2.75, 3.05) is 58.7 Å². The lowest BCUT2D eigenvalue weighted by Gasteiger charge is -2.16. The third kappa shape index (κ3) is 15.8.